The van der Waals surface area contributed by atoms with Crippen molar-refractivity contribution in [1.82, 2.24) is 9.88 Å². The number of rotatable bonds is 4. The molecule has 1 N–H and O–H groups in total. The molecule has 1 aromatic rings. The first-order valence-corrected chi connectivity index (χ1v) is 7.16. The number of piperidine rings is 1. The van der Waals surface area contributed by atoms with Gasteiger partial charge in [-0.15, -0.1) is 0 Å². The number of carbonyl (C=O) groups excluding carboxylic acids is 1. The van der Waals surface area contributed by atoms with E-state index in [1.807, 2.05) is 4.90 Å². The van der Waals surface area contributed by atoms with Gasteiger partial charge >= 0.3 is 0 Å². The SMILES string of the molecule is CC(Nc1ccc([N+](=O)[O-])cn1)C(=O)N1CCCCC1C. The Labute approximate surface area is 123 Å². The maximum absolute atomic E-state index is 12.4. The van der Waals surface area contributed by atoms with Crippen molar-refractivity contribution in [3.8, 4) is 0 Å². The second kappa shape index (κ2) is 6.51. The zero-order valence-electron chi connectivity index (χ0n) is 12.3. The summed E-state index contributed by atoms with van der Waals surface area (Å²) < 4.78 is 0. The molecule has 21 heavy (non-hydrogen) atoms. The Bertz CT molecular complexity index is 517. The molecular weight excluding hydrogens is 272 g/mol. The van der Waals surface area contributed by atoms with Crippen molar-refractivity contribution < 1.29 is 9.72 Å². The van der Waals surface area contributed by atoms with Gasteiger partial charge in [0.15, 0.2) is 0 Å². The molecule has 0 spiro atoms. The number of nitro groups is 1. The van der Waals surface area contributed by atoms with Gasteiger partial charge in [0.25, 0.3) is 5.69 Å². The standard InChI is InChI=1S/C14H20N4O3/c1-10-5-3-4-8-17(10)14(19)11(2)16-13-7-6-12(9-15-13)18(20)21/h6-7,9-11H,3-5,8H2,1-2H3,(H,15,16). The minimum absolute atomic E-state index is 0.0438. The Balaban J connectivity index is 1.98. The summed E-state index contributed by atoms with van der Waals surface area (Å²) in [6, 6.07) is 2.75. The van der Waals surface area contributed by atoms with E-state index < -0.39 is 11.0 Å². The molecule has 0 bridgehead atoms. The molecule has 2 rings (SSSR count). The zero-order chi connectivity index (χ0) is 15.4. The van der Waals surface area contributed by atoms with Crippen LogP contribution in [-0.2, 0) is 4.79 Å². The molecule has 1 aliphatic heterocycles. The van der Waals surface area contributed by atoms with Crippen LogP contribution in [0.25, 0.3) is 0 Å². The molecule has 114 valence electrons. The lowest BCUT2D eigenvalue weighted by Crippen LogP contribution is -2.48. The number of nitrogens with zero attached hydrogens (tertiary/aromatic N) is 3. The number of aromatic nitrogens is 1. The average molecular weight is 292 g/mol. The lowest BCUT2D eigenvalue weighted by molar-refractivity contribution is -0.385. The van der Waals surface area contributed by atoms with Gasteiger partial charge in [-0.05, 0) is 39.2 Å². The molecule has 1 amide bonds. The van der Waals surface area contributed by atoms with Gasteiger partial charge in [0.2, 0.25) is 5.91 Å². The molecule has 1 aromatic heterocycles. The lowest BCUT2D eigenvalue weighted by Gasteiger charge is -2.35. The molecule has 0 aliphatic carbocycles. The van der Waals surface area contributed by atoms with E-state index in [1.54, 1.807) is 6.92 Å². The third kappa shape index (κ3) is 3.68. The summed E-state index contributed by atoms with van der Waals surface area (Å²) in [5.74, 6) is 0.508. The van der Waals surface area contributed by atoms with Crippen LogP contribution in [0.5, 0.6) is 0 Å². The van der Waals surface area contributed by atoms with E-state index in [9.17, 15) is 14.9 Å². The number of pyridine rings is 1. The molecule has 1 saturated heterocycles. The van der Waals surface area contributed by atoms with Crippen molar-refractivity contribution in [2.45, 2.75) is 45.2 Å². The predicted molar refractivity (Wildman–Crippen MR) is 79.0 cm³/mol. The third-order valence-corrected chi connectivity index (χ3v) is 3.78. The van der Waals surface area contributed by atoms with E-state index in [0.717, 1.165) is 25.8 Å². The molecular formula is C14H20N4O3. The van der Waals surface area contributed by atoms with E-state index in [1.165, 1.54) is 18.3 Å². The Morgan fingerprint density at radius 3 is 2.86 bits per heavy atom. The largest absolute Gasteiger partial charge is 0.359 e. The first-order chi connectivity index (χ1) is 9.99. The van der Waals surface area contributed by atoms with Crippen LogP contribution < -0.4 is 5.32 Å². The molecule has 0 saturated carbocycles. The average Bonchev–Trinajstić information content (AvgIpc) is 2.47. The van der Waals surface area contributed by atoms with Crippen LogP contribution in [0.2, 0.25) is 0 Å². The van der Waals surface area contributed by atoms with E-state index in [2.05, 4.69) is 17.2 Å². The van der Waals surface area contributed by atoms with Gasteiger partial charge in [0.1, 0.15) is 18.1 Å². The van der Waals surface area contributed by atoms with E-state index in [-0.39, 0.29) is 17.6 Å². The summed E-state index contributed by atoms with van der Waals surface area (Å²) in [5, 5.41) is 13.6. The summed E-state index contributed by atoms with van der Waals surface area (Å²) in [7, 11) is 0. The van der Waals surface area contributed by atoms with Gasteiger partial charge in [0.05, 0.1) is 4.92 Å². The Morgan fingerprint density at radius 2 is 2.29 bits per heavy atom. The summed E-state index contributed by atoms with van der Waals surface area (Å²) in [4.78, 5) is 28.3. The van der Waals surface area contributed by atoms with Crippen molar-refractivity contribution in [2.24, 2.45) is 0 Å². The number of hydrogen-bond acceptors (Lipinski definition) is 5. The van der Waals surface area contributed by atoms with Crippen LogP contribution in [0.3, 0.4) is 0 Å². The maximum Gasteiger partial charge on any atom is 0.287 e. The highest BCUT2D eigenvalue weighted by Crippen LogP contribution is 2.18. The second-order valence-electron chi connectivity index (χ2n) is 5.40. The van der Waals surface area contributed by atoms with E-state index in [0.29, 0.717) is 5.82 Å². The highest BCUT2D eigenvalue weighted by molar-refractivity contribution is 5.84. The topological polar surface area (TPSA) is 88.4 Å². The first kappa shape index (κ1) is 15.2. The minimum atomic E-state index is -0.499. The Kier molecular flexibility index (Phi) is 4.72. The summed E-state index contributed by atoms with van der Waals surface area (Å²) in [5.41, 5.74) is -0.0656. The Morgan fingerprint density at radius 1 is 1.52 bits per heavy atom. The van der Waals surface area contributed by atoms with Gasteiger partial charge in [-0.25, -0.2) is 4.98 Å². The first-order valence-electron chi connectivity index (χ1n) is 7.16. The van der Waals surface area contributed by atoms with Crippen LogP contribution >= 0.6 is 0 Å². The van der Waals surface area contributed by atoms with Gasteiger partial charge in [-0.3, -0.25) is 14.9 Å². The van der Waals surface area contributed by atoms with Crippen LogP contribution in [0, 0.1) is 10.1 Å². The number of likely N-dealkylation sites (tertiary alicyclic amines) is 1. The normalized spacial score (nSPS) is 19.9. The summed E-state index contributed by atoms with van der Waals surface area (Å²) >= 11 is 0. The van der Waals surface area contributed by atoms with Gasteiger partial charge in [-0.2, -0.15) is 0 Å². The fraction of sp³-hybridized carbons (Fsp3) is 0.571. The summed E-state index contributed by atoms with van der Waals surface area (Å²) in [6.45, 7) is 4.64. The van der Waals surface area contributed by atoms with Gasteiger partial charge < -0.3 is 10.2 Å². The second-order valence-corrected chi connectivity index (χ2v) is 5.40. The molecule has 0 radical (unpaired) electrons. The van der Waals surface area contributed by atoms with Gasteiger partial charge in [0, 0.05) is 18.7 Å². The molecule has 2 heterocycles. The highest BCUT2D eigenvalue weighted by atomic mass is 16.6. The molecule has 0 aromatic carbocycles. The quantitative estimate of drug-likeness (QED) is 0.679. The van der Waals surface area contributed by atoms with Crippen molar-refractivity contribution in [2.75, 3.05) is 11.9 Å². The molecule has 7 nitrogen and oxygen atoms in total. The van der Waals surface area contributed by atoms with Crippen LogP contribution in [0.4, 0.5) is 11.5 Å². The fourth-order valence-electron chi connectivity index (χ4n) is 2.54. The number of hydrogen-bond donors (Lipinski definition) is 1. The monoisotopic (exact) mass is 292 g/mol. The number of anilines is 1. The molecule has 1 aliphatic rings. The molecule has 1 fully saturated rings. The highest BCUT2D eigenvalue weighted by Gasteiger charge is 2.27. The number of amides is 1. The van der Waals surface area contributed by atoms with Gasteiger partial charge in [-0.1, -0.05) is 0 Å². The molecule has 2 unspecified atom stereocenters. The van der Waals surface area contributed by atoms with Crippen LogP contribution in [0.15, 0.2) is 18.3 Å². The maximum atomic E-state index is 12.4. The van der Waals surface area contributed by atoms with Crippen molar-refractivity contribution >= 4 is 17.4 Å². The molecule has 7 heteroatoms. The molecule has 2 atom stereocenters. The van der Waals surface area contributed by atoms with Crippen molar-refractivity contribution in [3.63, 3.8) is 0 Å². The van der Waals surface area contributed by atoms with Crippen LogP contribution in [0.1, 0.15) is 33.1 Å². The van der Waals surface area contributed by atoms with E-state index in [4.69, 9.17) is 0 Å². The van der Waals surface area contributed by atoms with E-state index >= 15 is 0 Å². The lowest BCUT2D eigenvalue weighted by atomic mass is 10.0. The fourth-order valence-corrected chi connectivity index (χ4v) is 2.54. The zero-order valence-corrected chi connectivity index (χ0v) is 12.3. The number of carbonyl (C=O) groups is 1. The van der Waals surface area contributed by atoms with Crippen LogP contribution in [-0.4, -0.2) is 39.3 Å². The minimum Gasteiger partial charge on any atom is -0.359 e. The third-order valence-electron chi connectivity index (χ3n) is 3.78. The Hall–Kier alpha value is -2.18. The van der Waals surface area contributed by atoms with Crippen molar-refractivity contribution in [3.05, 3.63) is 28.4 Å². The smallest absolute Gasteiger partial charge is 0.287 e. The number of nitrogens with one attached hydrogen (secondary N) is 1. The van der Waals surface area contributed by atoms with Crippen molar-refractivity contribution in [1.29, 1.82) is 0 Å². The summed E-state index contributed by atoms with van der Waals surface area (Å²) in [6.07, 6.45) is 4.42. The predicted octanol–water partition coefficient (Wildman–Crippen LogP) is 2.19.